The van der Waals surface area contributed by atoms with Gasteiger partial charge in [-0.3, -0.25) is 0 Å². The van der Waals surface area contributed by atoms with Crippen molar-refractivity contribution in [3.63, 3.8) is 0 Å². The first-order valence-electron chi connectivity index (χ1n) is 8.61. The standard InChI is InChI=1S/C17H30O6/c1-10(2)7-8-18-13-12(11-9-19-16(3,4)21-11)20-15-14(13)22-17(5,6)23-15/h10-15H,7-9H2,1-6H3/t11-,12+,13-,14+,15-/m0/s1. The molecule has 0 aromatic rings. The van der Waals surface area contributed by atoms with Crippen LogP contribution in [0, 0.1) is 5.92 Å². The molecule has 5 atom stereocenters. The lowest BCUT2D eigenvalue weighted by atomic mass is 10.1. The predicted molar refractivity (Wildman–Crippen MR) is 82.8 cm³/mol. The molecule has 0 radical (unpaired) electrons. The van der Waals surface area contributed by atoms with Gasteiger partial charge >= 0.3 is 0 Å². The summed E-state index contributed by atoms with van der Waals surface area (Å²) in [5.74, 6) is -0.643. The van der Waals surface area contributed by atoms with Crippen LogP contribution in [0.4, 0.5) is 0 Å². The summed E-state index contributed by atoms with van der Waals surface area (Å²) in [7, 11) is 0. The van der Waals surface area contributed by atoms with Gasteiger partial charge in [0.1, 0.15) is 24.4 Å². The lowest BCUT2D eigenvalue weighted by Gasteiger charge is -2.29. The number of ether oxygens (including phenoxy) is 6. The second kappa shape index (κ2) is 6.24. The number of hydrogen-bond donors (Lipinski definition) is 0. The van der Waals surface area contributed by atoms with Crippen molar-refractivity contribution in [2.75, 3.05) is 13.2 Å². The van der Waals surface area contributed by atoms with Crippen molar-refractivity contribution in [3.05, 3.63) is 0 Å². The van der Waals surface area contributed by atoms with Crippen molar-refractivity contribution in [2.45, 2.75) is 90.2 Å². The fourth-order valence-corrected chi connectivity index (χ4v) is 3.31. The van der Waals surface area contributed by atoms with Gasteiger partial charge in [-0.05, 0) is 40.0 Å². The quantitative estimate of drug-likeness (QED) is 0.772. The molecule has 0 aromatic heterocycles. The van der Waals surface area contributed by atoms with E-state index in [0.717, 1.165) is 6.42 Å². The molecule has 0 spiro atoms. The number of hydrogen-bond acceptors (Lipinski definition) is 6. The summed E-state index contributed by atoms with van der Waals surface area (Å²) in [6, 6.07) is 0. The third kappa shape index (κ3) is 3.89. The van der Waals surface area contributed by atoms with Gasteiger partial charge in [0.25, 0.3) is 0 Å². The minimum atomic E-state index is -0.647. The maximum atomic E-state index is 6.15. The van der Waals surface area contributed by atoms with Crippen molar-refractivity contribution in [1.29, 1.82) is 0 Å². The molecule has 3 aliphatic heterocycles. The maximum absolute atomic E-state index is 6.15. The molecule has 3 saturated heterocycles. The second-order valence-electron chi connectivity index (χ2n) is 7.95. The van der Waals surface area contributed by atoms with Crippen molar-refractivity contribution in [1.82, 2.24) is 0 Å². The van der Waals surface area contributed by atoms with E-state index in [9.17, 15) is 0 Å². The smallest absolute Gasteiger partial charge is 0.190 e. The highest BCUT2D eigenvalue weighted by atomic mass is 16.8. The van der Waals surface area contributed by atoms with Gasteiger partial charge in [0, 0.05) is 6.61 Å². The molecule has 3 fully saturated rings. The van der Waals surface area contributed by atoms with Crippen LogP contribution in [0.2, 0.25) is 0 Å². The normalized spacial score (nSPS) is 41.6. The van der Waals surface area contributed by atoms with Gasteiger partial charge in [-0.1, -0.05) is 13.8 Å². The molecule has 6 nitrogen and oxygen atoms in total. The van der Waals surface area contributed by atoms with Crippen LogP contribution in [0.3, 0.4) is 0 Å². The zero-order valence-corrected chi connectivity index (χ0v) is 15.0. The van der Waals surface area contributed by atoms with Crippen molar-refractivity contribution < 1.29 is 28.4 Å². The Balaban J connectivity index is 1.68. The first-order chi connectivity index (χ1) is 10.7. The van der Waals surface area contributed by atoms with Crippen LogP contribution in [0.1, 0.15) is 48.0 Å². The zero-order valence-electron chi connectivity index (χ0n) is 15.0. The van der Waals surface area contributed by atoms with Crippen molar-refractivity contribution in [2.24, 2.45) is 5.92 Å². The van der Waals surface area contributed by atoms with E-state index in [0.29, 0.717) is 19.1 Å². The molecule has 0 saturated carbocycles. The summed E-state index contributed by atoms with van der Waals surface area (Å²) < 4.78 is 35.8. The first kappa shape index (κ1) is 17.6. The van der Waals surface area contributed by atoms with Gasteiger partial charge in [-0.2, -0.15) is 0 Å². The topological polar surface area (TPSA) is 55.4 Å². The van der Waals surface area contributed by atoms with Gasteiger partial charge in [-0.25, -0.2) is 0 Å². The molecular weight excluding hydrogens is 300 g/mol. The van der Waals surface area contributed by atoms with Crippen LogP contribution < -0.4 is 0 Å². The van der Waals surface area contributed by atoms with E-state index >= 15 is 0 Å². The zero-order chi connectivity index (χ0) is 16.8. The Morgan fingerprint density at radius 2 is 1.74 bits per heavy atom. The Hall–Kier alpha value is -0.240. The van der Waals surface area contributed by atoms with Gasteiger partial charge in [0.15, 0.2) is 17.9 Å². The number of fused-ring (bicyclic) bond motifs is 1. The van der Waals surface area contributed by atoms with Gasteiger partial charge in [-0.15, -0.1) is 0 Å². The molecule has 0 N–H and O–H groups in total. The lowest BCUT2D eigenvalue weighted by Crippen LogP contribution is -2.44. The highest BCUT2D eigenvalue weighted by molar-refractivity contribution is 4.98. The van der Waals surface area contributed by atoms with E-state index in [2.05, 4.69) is 13.8 Å². The monoisotopic (exact) mass is 330 g/mol. The molecule has 3 aliphatic rings. The summed E-state index contributed by atoms with van der Waals surface area (Å²) in [6.07, 6.45) is -0.257. The molecule has 3 heterocycles. The van der Waals surface area contributed by atoms with Gasteiger partial charge in [0.05, 0.1) is 6.61 Å². The lowest BCUT2D eigenvalue weighted by molar-refractivity contribution is -0.236. The second-order valence-corrected chi connectivity index (χ2v) is 7.95. The third-order valence-corrected chi connectivity index (χ3v) is 4.43. The van der Waals surface area contributed by atoms with E-state index in [1.54, 1.807) is 0 Å². The molecule has 134 valence electrons. The Bertz CT molecular complexity index is 421. The Morgan fingerprint density at radius 3 is 2.35 bits per heavy atom. The largest absolute Gasteiger partial charge is 0.372 e. The Labute approximate surface area is 138 Å². The summed E-state index contributed by atoms with van der Waals surface area (Å²) in [6.45, 7) is 13.1. The number of rotatable bonds is 5. The summed E-state index contributed by atoms with van der Waals surface area (Å²) >= 11 is 0. The van der Waals surface area contributed by atoms with E-state index in [-0.39, 0.29) is 24.4 Å². The average Bonchev–Trinajstić information content (AvgIpc) is 3.00. The molecule has 3 rings (SSSR count). The molecule has 0 bridgehead atoms. The van der Waals surface area contributed by atoms with Crippen molar-refractivity contribution >= 4 is 0 Å². The van der Waals surface area contributed by atoms with Gasteiger partial charge < -0.3 is 28.4 Å². The van der Waals surface area contributed by atoms with Gasteiger partial charge in [0.2, 0.25) is 0 Å². The first-order valence-corrected chi connectivity index (χ1v) is 8.61. The molecule has 23 heavy (non-hydrogen) atoms. The third-order valence-electron chi connectivity index (χ3n) is 4.43. The van der Waals surface area contributed by atoms with Crippen molar-refractivity contribution in [3.8, 4) is 0 Å². The van der Waals surface area contributed by atoms with E-state index < -0.39 is 17.9 Å². The average molecular weight is 330 g/mol. The Morgan fingerprint density at radius 1 is 1.00 bits per heavy atom. The molecule has 0 amide bonds. The Kier molecular flexibility index (Phi) is 4.77. The van der Waals surface area contributed by atoms with E-state index in [1.165, 1.54) is 0 Å². The maximum Gasteiger partial charge on any atom is 0.190 e. The van der Waals surface area contributed by atoms with E-state index in [4.69, 9.17) is 28.4 Å². The van der Waals surface area contributed by atoms with E-state index in [1.807, 2.05) is 27.7 Å². The molecule has 0 aliphatic carbocycles. The van der Waals surface area contributed by atoms with Crippen LogP contribution in [0.15, 0.2) is 0 Å². The summed E-state index contributed by atoms with van der Waals surface area (Å²) in [5, 5.41) is 0. The summed E-state index contributed by atoms with van der Waals surface area (Å²) in [5.41, 5.74) is 0. The fourth-order valence-electron chi connectivity index (χ4n) is 3.31. The van der Waals surface area contributed by atoms with Crippen LogP contribution >= 0.6 is 0 Å². The van der Waals surface area contributed by atoms with Crippen LogP contribution in [-0.4, -0.2) is 55.5 Å². The van der Waals surface area contributed by atoms with Crippen LogP contribution in [0.25, 0.3) is 0 Å². The van der Waals surface area contributed by atoms with Crippen LogP contribution in [-0.2, 0) is 28.4 Å². The predicted octanol–water partition coefficient (Wildman–Crippen LogP) is 2.45. The summed E-state index contributed by atoms with van der Waals surface area (Å²) in [4.78, 5) is 0. The minimum absolute atomic E-state index is 0.171. The minimum Gasteiger partial charge on any atom is -0.372 e. The van der Waals surface area contributed by atoms with Crippen LogP contribution in [0.5, 0.6) is 0 Å². The fraction of sp³-hybridized carbons (Fsp3) is 1.00. The molecule has 0 aromatic carbocycles. The highest BCUT2D eigenvalue weighted by Gasteiger charge is 2.58. The molecule has 0 unspecified atom stereocenters. The highest BCUT2D eigenvalue weighted by Crippen LogP contribution is 2.41. The molecular formula is C17H30O6. The SMILES string of the molecule is CC(C)CCO[C@@H]1[C@H]2OC(C)(C)O[C@@H]2O[C@@H]1[C@@H]1COC(C)(C)O1. The molecule has 6 heteroatoms.